The summed E-state index contributed by atoms with van der Waals surface area (Å²) in [6.45, 7) is 5.52. The van der Waals surface area contributed by atoms with Gasteiger partial charge in [-0.3, -0.25) is 9.78 Å². The lowest BCUT2D eigenvalue weighted by Gasteiger charge is -2.24. The summed E-state index contributed by atoms with van der Waals surface area (Å²) < 4.78 is 12.0. The van der Waals surface area contributed by atoms with Gasteiger partial charge in [0.05, 0.1) is 17.3 Å². The Morgan fingerprint density at radius 3 is 2.73 bits per heavy atom. The van der Waals surface area contributed by atoms with Crippen LogP contribution in [0.4, 0.5) is 0 Å². The van der Waals surface area contributed by atoms with Crippen molar-refractivity contribution in [3.8, 4) is 5.75 Å². The first-order valence-electron chi connectivity index (χ1n) is 7.91. The number of aryl methyl sites for hydroxylation is 1. The predicted octanol–water partition coefficient (Wildman–Crippen LogP) is 3.03. The molecule has 1 unspecified atom stereocenters. The number of fused-ring (bicyclic) bond motifs is 1. The molecular weight excluding hydrogens is 449 g/mol. The SMILES string of the molecule is CO/N=C/C(C)(C)NC(=O)C(OC)Oc1cc(C)c2ncc(I)cc2c1. The van der Waals surface area contributed by atoms with Crippen LogP contribution in [0.3, 0.4) is 0 Å². The Kier molecular flexibility index (Phi) is 6.76. The number of rotatable bonds is 7. The molecule has 2 aromatic rings. The highest BCUT2D eigenvalue weighted by molar-refractivity contribution is 14.1. The first-order chi connectivity index (χ1) is 12.3. The molecule has 1 amide bonds. The van der Waals surface area contributed by atoms with Gasteiger partial charge in [-0.05, 0) is 67.1 Å². The van der Waals surface area contributed by atoms with Crippen molar-refractivity contribution < 1.29 is 19.1 Å². The summed E-state index contributed by atoms with van der Waals surface area (Å²) in [7, 11) is 2.85. The van der Waals surface area contributed by atoms with Gasteiger partial charge in [0.2, 0.25) is 0 Å². The third kappa shape index (κ3) is 5.28. The first kappa shape index (κ1) is 20.4. The highest BCUT2D eigenvalue weighted by atomic mass is 127. The number of carbonyl (C=O) groups excluding carboxylic acids is 1. The van der Waals surface area contributed by atoms with Gasteiger partial charge in [0.1, 0.15) is 12.9 Å². The number of aromatic nitrogens is 1. The van der Waals surface area contributed by atoms with Crippen LogP contribution >= 0.6 is 22.6 Å². The van der Waals surface area contributed by atoms with Gasteiger partial charge >= 0.3 is 0 Å². The Labute approximate surface area is 166 Å². The maximum Gasteiger partial charge on any atom is 0.290 e. The zero-order valence-electron chi connectivity index (χ0n) is 15.4. The minimum absolute atomic E-state index is 0.418. The molecule has 0 spiro atoms. The number of oxime groups is 1. The van der Waals surface area contributed by atoms with E-state index >= 15 is 0 Å². The van der Waals surface area contributed by atoms with Crippen LogP contribution in [0.5, 0.6) is 5.75 Å². The fourth-order valence-electron chi connectivity index (χ4n) is 2.36. The minimum atomic E-state index is -1.10. The van der Waals surface area contributed by atoms with Crippen LogP contribution in [0.1, 0.15) is 19.4 Å². The van der Waals surface area contributed by atoms with Crippen molar-refractivity contribution in [2.24, 2.45) is 5.16 Å². The van der Waals surface area contributed by atoms with E-state index in [1.54, 1.807) is 13.8 Å². The number of ether oxygens (including phenoxy) is 2. The molecule has 1 atom stereocenters. The number of pyridine rings is 1. The van der Waals surface area contributed by atoms with Gasteiger partial charge < -0.3 is 19.6 Å². The summed E-state index contributed by atoms with van der Waals surface area (Å²) in [5.41, 5.74) is 1.14. The second-order valence-corrected chi connectivity index (χ2v) is 7.52. The summed E-state index contributed by atoms with van der Waals surface area (Å²) in [4.78, 5) is 21.6. The van der Waals surface area contributed by atoms with E-state index in [4.69, 9.17) is 9.47 Å². The molecule has 0 radical (unpaired) electrons. The molecule has 8 heteroatoms. The lowest BCUT2D eigenvalue weighted by atomic mass is 10.1. The smallest absolute Gasteiger partial charge is 0.290 e. The van der Waals surface area contributed by atoms with Crippen LogP contribution in [0.15, 0.2) is 29.6 Å². The second kappa shape index (κ2) is 8.63. The Hall–Kier alpha value is -1.94. The minimum Gasteiger partial charge on any atom is -0.455 e. The third-order valence-corrected chi connectivity index (χ3v) is 4.10. The number of hydrogen-bond acceptors (Lipinski definition) is 6. The normalized spacial score (nSPS) is 13.0. The lowest BCUT2D eigenvalue weighted by molar-refractivity contribution is -0.149. The van der Waals surface area contributed by atoms with E-state index in [1.807, 2.05) is 31.3 Å². The maximum absolute atomic E-state index is 12.5. The molecule has 0 aliphatic heterocycles. The highest BCUT2D eigenvalue weighted by Crippen LogP contribution is 2.25. The van der Waals surface area contributed by atoms with E-state index in [2.05, 4.69) is 42.9 Å². The van der Waals surface area contributed by atoms with Crippen LogP contribution in [-0.4, -0.2) is 43.2 Å². The molecule has 1 aromatic heterocycles. The molecule has 1 aromatic carbocycles. The van der Waals surface area contributed by atoms with Crippen LogP contribution in [0.25, 0.3) is 10.9 Å². The first-order valence-corrected chi connectivity index (χ1v) is 8.98. The van der Waals surface area contributed by atoms with Crippen molar-refractivity contribution in [3.63, 3.8) is 0 Å². The Morgan fingerprint density at radius 1 is 1.35 bits per heavy atom. The fraction of sp³-hybridized carbons (Fsp3) is 0.389. The zero-order valence-corrected chi connectivity index (χ0v) is 17.5. The van der Waals surface area contributed by atoms with Crippen molar-refractivity contribution in [2.75, 3.05) is 14.2 Å². The van der Waals surface area contributed by atoms with Crippen molar-refractivity contribution in [1.82, 2.24) is 10.3 Å². The molecule has 1 N–H and O–H groups in total. The van der Waals surface area contributed by atoms with E-state index < -0.39 is 17.7 Å². The van der Waals surface area contributed by atoms with Gasteiger partial charge in [-0.25, -0.2) is 0 Å². The van der Waals surface area contributed by atoms with Crippen molar-refractivity contribution in [2.45, 2.75) is 32.6 Å². The van der Waals surface area contributed by atoms with Crippen LogP contribution in [-0.2, 0) is 14.4 Å². The largest absolute Gasteiger partial charge is 0.455 e. The lowest BCUT2D eigenvalue weighted by Crippen LogP contribution is -2.51. The van der Waals surface area contributed by atoms with Gasteiger partial charge in [0.25, 0.3) is 12.2 Å². The number of amides is 1. The highest BCUT2D eigenvalue weighted by Gasteiger charge is 2.26. The Bertz CT molecular complexity index is 823. The van der Waals surface area contributed by atoms with Crippen LogP contribution in [0, 0.1) is 10.5 Å². The number of nitrogens with zero attached hydrogens (tertiary/aromatic N) is 2. The Balaban J connectivity index is 2.20. The molecule has 0 saturated heterocycles. The summed E-state index contributed by atoms with van der Waals surface area (Å²) in [6.07, 6.45) is 2.20. The number of methoxy groups -OCH3 is 1. The second-order valence-electron chi connectivity index (χ2n) is 6.28. The number of hydrogen-bond donors (Lipinski definition) is 1. The molecule has 1 heterocycles. The molecule has 7 nitrogen and oxygen atoms in total. The molecule has 26 heavy (non-hydrogen) atoms. The van der Waals surface area contributed by atoms with E-state index in [0.717, 1.165) is 20.0 Å². The third-order valence-electron chi connectivity index (χ3n) is 3.51. The average molecular weight is 471 g/mol. The monoisotopic (exact) mass is 471 g/mol. The number of carbonyl (C=O) groups is 1. The maximum atomic E-state index is 12.5. The molecule has 0 bridgehead atoms. The Morgan fingerprint density at radius 2 is 2.08 bits per heavy atom. The van der Waals surface area contributed by atoms with Gasteiger partial charge in [-0.1, -0.05) is 5.16 Å². The predicted molar refractivity (Wildman–Crippen MR) is 108 cm³/mol. The van der Waals surface area contributed by atoms with Gasteiger partial charge in [0.15, 0.2) is 0 Å². The zero-order chi connectivity index (χ0) is 19.3. The van der Waals surface area contributed by atoms with E-state index in [0.29, 0.717) is 5.75 Å². The quantitative estimate of drug-likeness (QED) is 0.291. The van der Waals surface area contributed by atoms with Gasteiger partial charge in [-0.15, -0.1) is 0 Å². The number of benzene rings is 1. The molecular formula is C18H22IN3O4. The molecule has 0 aliphatic rings. The summed E-state index contributed by atoms with van der Waals surface area (Å²) >= 11 is 2.21. The van der Waals surface area contributed by atoms with Crippen molar-refractivity contribution in [3.05, 3.63) is 33.5 Å². The molecule has 0 saturated carbocycles. The summed E-state index contributed by atoms with van der Waals surface area (Å²) in [5, 5.41) is 7.42. The average Bonchev–Trinajstić information content (AvgIpc) is 2.57. The van der Waals surface area contributed by atoms with Gasteiger partial charge in [-0.2, -0.15) is 0 Å². The fourth-order valence-corrected chi connectivity index (χ4v) is 2.84. The number of halogens is 1. The van der Waals surface area contributed by atoms with Crippen LogP contribution < -0.4 is 10.1 Å². The van der Waals surface area contributed by atoms with Crippen molar-refractivity contribution >= 4 is 45.6 Å². The van der Waals surface area contributed by atoms with E-state index in [1.165, 1.54) is 20.4 Å². The standard InChI is InChI=1S/C18H22IN3O4/c1-11-6-14(8-12-7-13(19)9-20-15(11)12)26-17(24-4)16(23)22-18(2,3)10-21-25-5/h6-10,17H,1-5H3,(H,22,23)/b21-10+. The summed E-state index contributed by atoms with van der Waals surface area (Å²) in [6, 6.07) is 5.68. The number of nitrogens with one attached hydrogen (secondary N) is 1. The van der Waals surface area contributed by atoms with E-state index in [9.17, 15) is 4.79 Å². The molecule has 2 rings (SSSR count). The van der Waals surface area contributed by atoms with Crippen LogP contribution in [0.2, 0.25) is 0 Å². The topological polar surface area (TPSA) is 82.0 Å². The summed E-state index contributed by atoms with van der Waals surface area (Å²) in [5.74, 6) is 0.114. The van der Waals surface area contributed by atoms with Gasteiger partial charge in [0, 0.05) is 22.3 Å². The van der Waals surface area contributed by atoms with E-state index in [-0.39, 0.29) is 0 Å². The molecule has 0 aliphatic carbocycles. The molecule has 140 valence electrons. The molecule has 0 fully saturated rings. The van der Waals surface area contributed by atoms with Crippen molar-refractivity contribution in [1.29, 1.82) is 0 Å².